The molecule has 7 heteroatoms. The van der Waals surface area contributed by atoms with Gasteiger partial charge in [-0.3, -0.25) is 9.59 Å². The molecule has 1 atom stereocenters. The van der Waals surface area contributed by atoms with Crippen LogP contribution in [0.15, 0.2) is 114 Å². The average Bonchev–Trinajstić information content (AvgIpc) is 2.87. The summed E-state index contributed by atoms with van der Waals surface area (Å²) >= 11 is 7.47. The predicted octanol–water partition coefficient (Wildman–Crippen LogP) is 6.83. The molecule has 0 bridgehead atoms. The number of hydrogen-bond acceptors (Lipinski definition) is 4. The minimum absolute atomic E-state index is 0.101. The average molecular weight is 503 g/mol. The van der Waals surface area contributed by atoms with Gasteiger partial charge in [0.15, 0.2) is 6.61 Å². The maximum Gasteiger partial charge on any atom is 0.262 e. The molecule has 2 amide bonds. The molecule has 0 radical (unpaired) electrons. The van der Waals surface area contributed by atoms with Crippen LogP contribution in [-0.4, -0.2) is 18.4 Å². The second kappa shape index (κ2) is 12.1. The molecule has 4 aromatic carbocycles. The first kappa shape index (κ1) is 24.4. The number of carbonyl (C=O) groups is 2. The van der Waals surface area contributed by atoms with Crippen molar-refractivity contribution >= 4 is 46.6 Å². The van der Waals surface area contributed by atoms with Gasteiger partial charge >= 0.3 is 0 Å². The molecule has 4 rings (SSSR count). The van der Waals surface area contributed by atoms with Crippen LogP contribution in [-0.2, 0) is 9.59 Å². The Morgan fingerprint density at radius 2 is 1.43 bits per heavy atom. The molecule has 0 heterocycles. The molecule has 5 nitrogen and oxygen atoms in total. The largest absolute Gasteiger partial charge is 0.484 e. The van der Waals surface area contributed by atoms with E-state index >= 15 is 0 Å². The van der Waals surface area contributed by atoms with Crippen molar-refractivity contribution in [2.75, 3.05) is 17.2 Å². The topological polar surface area (TPSA) is 67.4 Å². The van der Waals surface area contributed by atoms with Crippen LogP contribution < -0.4 is 15.4 Å². The molecular weight excluding hydrogens is 480 g/mol. The SMILES string of the molecule is O=C(COc1ccccc1)Nc1cccc(SC(C(=O)Nc2cccc(Cl)c2)c2ccccc2)c1. The molecule has 2 N–H and O–H groups in total. The van der Waals surface area contributed by atoms with Gasteiger partial charge in [0.1, 0.15) is 11.0 Å². The number of thioether (sulfide) groups is 1. The van der Waals surface area contributed by atoms with E-state index in [2.05, 4.69) is 10.6 Å². The summed E-state index contributed by atoms with van der Waals surface area (Å²) in [4.78, 5) is 26.4. The normalized spacial score (nSPS) is 11.3. The summed E-state index contributed by atoms with van der Waals surface area (Å²) in [5.41, 5.74) is 2.12. The third kappa shape index (κ3) is 7.37. The van der Waals surface area contributed by atoms with Gasteiger partial charge in [0.2, 0.25) is 5.91 Å². The maximum absolute atomic E-state index is 13.3. The third-order valence-corrected chi connectivity index (χ3v) is 6.40. The molecule has 176 valence electrons. The van der Waals surface area contributed by atoms with Gasteiger partial charge in [-0.2, -0.15) is 0 Å². The maximum atomic E-state index is 13.3. The van der Waals surface area contributed by atoms with Crippen LogP contribution in [0, 0.1) is 0 Å². The fourth-order valence-electron chi connectivity index (χ4n) is 3.32. The third-order valence-electron chi connectivity index (χ3n) is 4.92. The first-order chi connectivity index (χ1) is 17.1. The Labute approximate surface area is 213 Å². The Bertz CT molecular complexity index is 1290. The molecule has 0 spiro atoms. The molecule has 0 aliphatic rings. The van der Waals surface area contributed by atoms with Crippen LogP contribution >= 0.6 is 23.4 Å². The van der Waals surface area contributed by atoms with Crippen LogP contribution in [0.5, 0.6) is 5.75 Å². The Kier molecular flexibility index (Phi) is 8.44. The van der Waals surface area contributed by atoms with Crippen LogP contribution in [0.25, 0.3) is 0 Å². The highest BCUT2D eigenvalue weighted by atomic mass is 35.5. The van der Waals surface area contributed by atoms with E-state index in [0.29, 0.717) is 22.1 Å². The van der Waals surface area contributed by atoms with Crippen LogP contribution in [0.1, 0.15) is 10.8 Å². The van der Waals surface area contributed by atoms with Gasteiger partial charge in [0, 0.05) is 21.3 Å². The highest BCUT2D eigenvalue weighted by Crippen LogP contribution is 2.37. The van der Waals surface area contributed by atoms with E-state index in [1.54, 1.807) is 42.5 Å². The summed E-state index contributed by atoms with van der Waals surface area (Å²) in [5, 5.41) is 5.83. The summed E-state index contributed by atoms with van der Waals surface area (Å²) in [6.07, 6.45) is 0. The van der Waals surface area contributed by atoms with Gasteiger partial charge in [-0.05, 0) is 54.1 Å². The zero-order valence-electron chi connectivity index (χ0n) is 18.7. The van der Waals surface area contributed by atoms with E-state index in [9.17, 15) is 9.59 Å². The molecule has 35 heavy (non-hydrogen) atoms. The van der Waals surface area contributed by atoms with Gasteiger partial charge in [0.05, 0.1) is 0 Å². The first-order valence-corrected chi connectivity index (χ1v) is 12.2. The molecule has 0 aliphatic carbocycles. The van der Waals surface area contributed by atoms with Gasteiger partial charge in [-0.25, -0.2) is 0 Å². The van der Waals surface area contributed by atoms with Crippen molar-refractivity contribution in [2.24, 2.45) is 0 Å². The molecular formula is C28H23ClN2O3S. The monoisotopic (exact) mass is 502 g/mol. The quantitative estimate of drug-likeness (QED) is 0.246. The summed E-state index contributed by atoms with van der Waals surface area (Å²) in [6, 6.07) is 33.2. The Morgan fingerprint density at radius 3 is 2.14 bits per heavy atom. The minimum atomic E-state index is -0.512. The molecule has 0 fully saturated rings. The van der Waals surface area contributed by atoms with Crippen LogP contribution in [0.2, 0.25) is 5.02 Å². The number of halogens is 1. The van der Waals surface area contributed by atoms with Crippen LogP contribution in [0.4, 0.5) is 11.4 Å². The number of benzene rings is 4. The fraction of sp³-hybridized carbons (Fsp3) is 0.0714. The molecule has 0 aromatic heterocycles. The highest BCUT2D eigenvalue weighted by Gasteiger charge is 2.22. The Morgan fingerprint density at radius 1 is 0.771 bits per heavy atom. The van der Waals surface area contributed by atoms with E-state index in [4.69, 9.17) is 16.3 Å². The lowest BCUT2D eigenvalue weighted by atomic mass is 10.1. The lowest BCUT2D eigenvalue weighted by Gasteiger charge is -2.18. The zero-order chi connectivity index (χ0) is 24.5. The smallest absolute Gasteiger partial charge is 0.262 e. The molecule has 4 aromatic rings. The van der Waals surface area contributed by atoms with Gasteiger partial charge in [-0.15, -0.1) is 11.8 Å². The molecule has 1 unspecified atom stereocenters. The first-order valence-electron chi connectivity index (χ1n) is 10.9. The number of carbonyl (C=O) groups excluding carboxylic acids is 2. The molecule has 0 saturated carbocycles. The van der Waals surface area contributed by atoms with Gasteiger partial charge in [-0.1, -0.05) is 72.3 Å². The number of amides is 2. The van der Waals surface area contributed by atoms with Crippen molar-refractivity contribution in [3.8, 4) is 5.75 Å². The lowest BCUT2D eigenvalue weighted by molar-refractivity contribution is -0.118. The summed E-state index contributed by atoms with van der Waals surface area (Å²) < 4.78 is 5.51. The number of para-hydroxylation sites is 1. The molecule has 0 saturated heterocycles. The predicted molar refractivity (Wildman–Crippen MR) is 142 cm³/mol. The Hall–Kier alpha value is -3.74. The standard InChI is InChI=1S/C28H23ClN2O3S/c29-21-11-7-12-22(17-21)31-28(33)27(20-9-3-1-4-10-20)35-25-16-8-13-23(18-25)30-26(32)19-34-24-14-5-2-6-15-24/h1-18,27H,19H2,(H,30,32)(H,31,33). The van der Waals surface area contributed by atoms with Crippen molar-refractivity contribution in [1.29, 1.82) is 0 Å². The second-order valence-electron chi connectivity index (χ2n) is 7.59. The minimum Gasteiger partial charge on any atom is -0.484 e. The summed E-state index contributed by atoms with van der Waals surface area (Å²) in [5.74, 6) is 0.187. The van der Waals surface area contributed by atoms with Crippen molar-refractivity contribution < 1.29 is 14.3 Å². The highest BCUT2D eigenvalue weighted by molar-refractivity contribution is 8.00. The number of hydrogen-bond donors (Lipinski definition) is 2. The number of ether oxygens (including phenoxy) is 1. The summed E-state index contributed by atoms with van der Waals surface area (Å²) in [7, 11) is 0. The number of anilines is 2. The van der Waals surface area contributed by atoms with E-state index < -0.39 is 5.25 Å². The zero-order valence-corrected chi connectivity index (χ0v) is 20.3. The van der Waals surface area contributed by atoms with Gasteiger partial charge in [0.25, 0.3) is 5.91 Å². The summed E-state index contributed by atoms with van der Waals surface area (Å²) in [6.45, 7) is -0.101. The van der Waals surface area contributed by atoms with E-state index in [-0.39, 0.29) is 18.4 Å². The number of nitrogens with one attached hydrogen (secondary N) is 2. The van der Waals surface area contributed by atoms with E-state index in [1.165, 1.54) is 11.8 Å². The van der Waals surface area contributed by atoms with Crippen molar-refractivity contribution in [1.82, 2.24) is 0 Å². The van der Waals surface area contributed by atoms with Crippen LogP contribution in [0.3, 0.4) is 0 Å². The number of rotatable bonds is 9. The van der Waals surface area contributed by atoms with Crippen molar-refractivity contribution in [3.05, 3.63) is 120 Å². The fourth-order valence-corrected chi connectivity index (χ4v) is 4.59. The van der Waals surface area contributed by atoms with Gasteiger partial charge < -0.3 is 15.4 Å². The molecule has 0 aliphatic heterocycles. The van der Waals surface area contributed by atoms with E-state index in [0.717, 1.165) is 10.5 Å². The Balaban J connectivity index is 1.45. The second-order valence-corrected chi connectivity index (χ2v) is 9.20. The lowest BCUT2D eigenvalue weighted by Crippen LogP contribution is -2.20. The van der Waals surface area contributed by atoms with Crippen molar-refractivity contribution in [3.63, 3.8) is 0 Å². The van der Waals surface area contributed by atoms with Crippen molar-refractivity contribution in [2.45, 2.75) is 10.1 Å². The van der Waals surface area contributed by atoms with E-state index in [1.807, 2.05) is 66.7 Å².